The Bertz CT molecular complexity index is 1200. The number of halogens is 1. The first-order valence-electron chi connectivity index (χ1n) is 12.5. The Kier molecular flexibility index (Phi) is 7.54. The Morgan fingerprint density at radius 2 is 1.70 bits per heavy atom. The quantitative estimate of drug-likeness (QED) is 0.557. The standard InChI is InChI=1S/C28H35FN4O4/c1-17-14-33(18(2)13-32(17)15-19-7-9-20(29)10-8-19)27(35)22-11-21-23(26(34)28(36)30(3)4)16-31(5)24(21)12-25(22)37-6/h7-12,17-18,23H,13-16H2,1-6H3/t17-,18-,23?/m0/s1. The van der Waals surface area contributed by atoms with Crippen molar-refractivity contribution in [2.24, 2.45) is 0 Å². The number of carbonyl (C=O) groups excluding carboxylic acids is 3. The van der Waals surface area contributed by atoms with Gasteiger partial charge in [0.2, 0.25) is 5.78 Å². The molecule has 0 bridgehead atoms. The lowest BCUT2D eigenvalue weighted by atomic mass is 9.93. The Morgan fingerprint density at radius 3 is 2.32 bits per heavy atom. The van der Waals surface area contributed by atoms with E-state index in [0.717, 1.165) is 11.3 Å². The number of fused-ring (bicyclic) bond motifs is 1. The average Bonchev–Trinajstić information content (AvgIpc) is 3.20. The van der Waals surface area contributed by atoms with Gasteiger partial charge in [0.25, 0.3) is 11.8 Å². The molecule has 8 nitrogen and oxygen atoms in total. The number of ether oxygens (including phenoxy) is 1. The summed E-state index contributed by atoms with van der Waals surface area (Å²) in [5, 5.41) is 0. The van der Waals surface area contributed by atoms with E-state index in [1.54, 1.807) is 38.4 Å². The van der Waals surface area contributed by atoms with E-state index in [1.807, 2.05) is 23.8 Å². The highest BCUT2D eigenvalue weighted by Crippen LogP contribution is 2.41. The molecule has 2 heterocycles. The molecular weight excluding hydrogens is 475 g/mol. The van der Waals surface area contributed by atoms with Crippen LogP contribution in [0, 0.1) is 5.82 Å². The summed E-state index contributed by atoms with van der Waals surface area (Å²) >= 11 is 0. The third-order valence-electron chi connectivity index (χ3n) is 7.43. The number of rotatable bonds is 6. The number of methoxy groups -OCH3 is 1. The van der Waals surface area contributed by atoms with Gasteiger partial charge in [-0.25, -0.2) is 4.39 Å². The smallest absolute Gasteiger partial charge is 0.290 e. The van der Waals surface area contributed by atoms with Gasteiger partial charge in [0.1, 0.15) is 11.6 Å². The van der Waals surface area contributed by atoms with E-state index in [2.05, 4.69) is 11.8 Å². The SMILES string of the molecule is COc1cc2c(cc1C(=O)N1C[C@H](C)N(Cc3ccc(F)cc3)C[C@@H]1C)C(C(=O)C(=O)N(C)C)CN2C. The van der Waals surface area contributed by atoms with Gasteiger partial charge < -0.3 is 19.4 Å². The van der Waals surface area contributed by atoms with Crippen molar-refractivity contribution in [2.75, 3.05) is 52.8 Å². The normalized spacial score (nSPS) is 21.5. The predicted molar refractivity (Wildman–Crippen MR) is 139 cm³/mol. The van der Waals surface area contributed by atoms with Gasteiger partial charge in [0.15, 0.2) is 0 Å². The van der Waals surface area contributed by atoms with Crippen LogP contribution in [-0.2, 0) is 16.1 Å². The molecule has 1 fully saturated rings. The number of ketones is 1. The molecular formula is C28H35FN4O4. The molecule has 1 saturated heterocycles. The molecule has 2 aromatic carbocycles. The Balaban J connectivity index is 1.58. The zero-order valence-corrected chi connectivity index (χ0v) is 22.3. The number of amides is 2. The zero-order chi connectivity index (χ0) is 27.0. The van der Waals surface area contributed by atoms with Crippen molar-refractivity contribution >= 4 is 23.3 Å². The van der Waals surface area contributed by atoms with Gasteiger partial charge in [-0.3, -0.25) is 19.3 Å². The number of hydrogen-bond donors (Lipinski definition) is 0. The van der Waals surface area contributed by atoms with E-state index in [9.17, 15) is 18.8 Å². The largest absolute Gasteiger partial charge is 0.496 e. The molecule has 0 aliphatic carbocycles. The topological polar surface area (TPSA) is 73.4 Å². The summed E-state index contributed by atoms with van der Waals surface area (Å²) in [5.41, 5.74) is 2.86. The van der Waals surface area contributed by atoms with E-state index in [-0.39, 0.29) is 23.8 Å². The second-order valence-electron chi connectivity index (χ2n) is 10.3. The second kappa shape index (κ2) is 10.5. The number of hydrogen-bond acceptors (Lipinski definition) is 6. The third kappa shape index (κ3) is 5.18. The van der Waals surface area contributed by atoms with E-state index in [0.29, 0.717) is 43.1 Å². The summed E-state index contributed by atoms with van der Waals surface area (Å²) in [6.45, 7) is 6.31. The summed E-state index contributed by atoms with van der Waals surface area (Å²) in [7, 11) is 6.50. The van der Waals surface area contributed by atoms with Gasteiger partial charge in [-0.15, -0.1) is 0 Å². The molecule has 9 heteroatoms. The second-order valence-corrected chi connectivity index (χ2v) is 10.3. The molecule has 0 saturated carbocycles. The minimum absolute atomic E-state index is 0.0717. The van der Waals surface area contributed by atoms with Crippen LogP contribution in [0.5, 0.6) is 5.75 Å². The summed E-state index contributed by atoms with van der Waals surface area (Å²) in [6.07, 6.45) is 0. The van der Waals surface area contributed by atoms with Crippen LogP contribution in [-0.4, -0.2) is 92.3 Å². The molecule has 0 radical (unpaired) electrons. The van der Waals surface area contributed by atoms with Crippen molar-refractivity contribution in [3.63, 3.8) is 0 Å². The highest BCUT2D eigenvalue weighted by atomic mass is 19.1. The highest BCUT2D eigenvalue weighted by molar-refractivity contribution is 6.38. The molecule has 0 aromatic heterocycles. The predicted octanol–water partition coefficient (Wildman–Crippen LogP) is 2.76. The van der Waals surface area contributed by atoms with Gasteiger partial charge in [-0.2, -0.15) is 0 Å². The molecule has 2 aliphatic heterocycles. The van der Waals surface area contributed by atoms with Crippen molar-refractivity contribution in [1.29, 1.82) is 0 Å². The zero-order valence-electron chi connectivity index (χ0n) is 22.3. The number of benzene rings is 2. The molecule has 0 N–H and O–H groups in total. The fourth-order valence-electron chi connectivity index (χ4n) is 5.28. The Hall–Kier alpha value is -3.46. The van der Waals surface area contributed by atoms with Crippen LogP contribution in [0.1, 0.15) is 41.3 Å². The molecule has 37 heavy (non-hydrogen) atoms. The first kappa shape index (κ1) is 26.6. The molecule has 3 atom stereocenters. The average molecular weight is 511 g/mol. The molecule has 2 aliphatic rings. The first-order chi connectivity index (χ1) is 17.5. The number of piperazine rings is 1. The lowest BCUT2D eigenvalue weighted by Crippen LogP contribution is -2.57. The van der Waals surface area contributed by atoms with Crippen molar-refractivity contribution in [3.8, 4) is 5.75 Å². The minimum Gasteiger partial charge on any atom is -0.496 e. The van der Waals surface area contributed by atoms with Gasteiger partial charge in [-0.1, -0.05) is 12.1 Å². The fourth-order valence-corrected chi connectivity index (χ4v) is 5.28. The number of nitrogens with zero attached hydrogens (tertiary/aromatic N) is 4. The Morgan fingerprint density at radius 1 is 1.03 bits per heavy atom. The maximum atomic E-state index is 13.8. The summed E-state index contributed by atoms with van der Waals surface area (Å²) < 4.78 is 18.9. The third-order valence-corrected chi connectivity index (χ3v) is 7.43. The first-order valence-corrected chi connectivity index (χ1v) is 12.5. The fraction of sp³-hybridized carbons (Fsp3) is 0.464. The van der Waals surface area contributed by atoms with Crippen LogP contribution in [0.25, 0.3) is 0 Å². The van der Waals surface area contributed by atoms with Gasteiger partial charge >= 0.3 is 0 Å². The number of Topliss-reactive ketones (excluding diaryl/α,β-unsaturated/α-hetero) is 1. The molecule has 2 aromatic rings. The van der Waals surface area contributed by atoms with Crippen LogP contribution >= 0.6 is 0 Å². The Labute approximate surface area is 217 Å². The van der Waals surface area contributed by atoms with Crippen molar-refractivity contribution in [3.05, 3.63) is 58.9 Å². The van der Waals surface area contributed by atoms with Gasteiger partial charge in [0.05, 0.1) is 18.6 Å². The van der Waals surface area contributed by atoms with Gasteiger partial charge in [0, 0.05) is 71.2 Å². The number of likely N-dealkylation sites (N-methyl/N-ethyl adjacent to an activating group) is 2. The highest BCUT2D eigenvalue weighted by Gasteiger charge is 2.39. The maximum Gasteiger partial charge on any atom is 0.290 e. The van der Waals surface area contributed by atoms with Gasteiger partial charge in [-0.05, 0) is 43.2 Å². The van der Waals surface area contributed by atoms with E-state index >= 15 is 0 Å². The van der Waals surface area contributed by atoms with Crippen LogP contribution in [0.3, 0.4) is 0 Å². The molecule has 198 valence electrons. The van der Waals surface area contributed by atoms with Crippen LogP contribution in [0.2, 0.25) is 0 Å². The van der Waals surface area contributed by atoms with E-state index in [4.69, 9.17) is 4.74 Å². The summed E-state index contributed by atoms with van der Waals surface area (Å²) in [4.78, 5) is 46.6. The van der Waals surface area contributed by atoms with E-state index < -0.39 is 17.6 Å². The number of carbonyl (C=O) groups is 3. The summed E-state index contributed by atoms with van der Waals surface area (Å²) in [5.74, 6) is -1.68. The summed E-state index contributed by atoms with van der Waals surface area (Å²) in [6, 6.07) is 10.0. The van der Waals surface area contributed by atoms with Crippen LogP contribution < -0.4 is 9.64 Å². The van der Waals surface area contributed by atoms with Crippen molar-refractivity contribution in [2.45, 2.75) is 38.4 Å². The minimum atomic E-state index is -0.642. The van der Waals surface area contributed by atoms with Crippen molar-refractivity contribution in [1.82, 2.24) is 14.7 Å². The molecule has 1 unspecified atom stereocenters. The lowest BCUT2D eigenvalue weighted by molar-refractivity contribution is -0.143. The maximum absolute atomic E-state index is 13.8. The molecule has 2 amide bonds. The lowest BCUT2D eigenvalue weighted by Gasteiger charge is -2.44. The number of anilines is 1. The monoisotopic (exact) mass is 510 g/mol. The van der Waals surface area contributed by atoms with Crippen LogP contribution in [0.4, 0.5) is 10.1 Å². The molecule has 4 rings (SSSR count). The molecule has 0 spiro atoms. The van der Waals surface area contributed by atoms with E-state index in [1.165, 1.54) is 24.1 Å². The van der Waals surface area contributed by atoms with Crippen molar-refractivity contribution < 1.29 is 23.5 Å². The van der Waals surface area contributed by atoms with Crippen LogP contribution in [0.15, 0.2) is 36.4 Å².